The minimum atomic E-state index is -0.295. The molecule has 90 valence electrons. The van der Waals surface area contributed by atoms with Crippen molar-refractivity contribution in [3.05, 3.63) is 53.3 Å². The van der Waals surface area contributed by atoms with E-state index >= 15 is 0 Å². The number of hydrogen-bond donors (Lipinski definition) is 1. The Morgan fingerprint density at radius 1 is 1.44 bits per heavy atom. The molecule has 4 nitrogen and oxygen atoms in total. The zero-order chi connectivity index (χ0) is 12.5. The molecular formula is C13H9FN2O2. The van der Waals surface area contributed by atoms with E-state index in [1.54, 1.807) is 12.3 Å². The lowest BCUT2D eigenvalue weighted by Gasteiger charge is -1.97. The number of carbonyl (C=O) groups is 1. The molecule has 5 heteroatoms. The lowest BCUT2D eigenvalue weighted by Crippen LogP contribution is -1.89. The number of nitrogens with zero attached hydrogens (tertiary/aromatic N) is 1. The molecule has 0 aliphatic heterocycles. The molecule has 0 radical (unpaired) electrons. The normalized spacial score (nSPS) is 10.9. The molecule has 0 bridgehead atoms. The fourth-order valence-electron chi connectivity index (χ4n) is 1.97. The highest BCUT2D eigenvalue weighted by atomic mass is 19.1. The summed E-state index contributed by atoms with van der Waals surface area (Å²) in [6, 6.07) is 4.53. The molecule has 3 rings (SSSR count). The molecule has 18 heavy (non-hydrogen) atoms. The molecule has 2 aromatic heterocycles. The van der Waals surface area contributed by atoms with Gasteiger partial charge >= 0.3 is 0 Å². The molecule has 0 saturated heterocycles. The summed E-state index contributed by atoms with van der Waals surface area (Å²) in [5.74, 6) is 0.187. The van der Waals surface area contributed by atoms with Gasteiger partial charge < -0.3 is 9.51 Å². The number of benzene rings is 1. The second-order valence-electron chi connectivity index (χ2n) is 4.00. The first-order valence-corrected chi connectivity index (χ1v) is 5.42. The number of fused-ring (bicyclic) bond motifs is 1. The monoisotopic (exact) mass is 244 g/mol. The molecule has 0 atom stereocenters. The van der Waals surface area contributed by atoms with E-state index in [4.69, 9.17) is 4.52 Å². The van der Waals surface area contributed by atoms with E-state index in [-0.39, 0.29) is 5.82 Å². The third-order valence-corrected chi connectivity index (χ3v) is 2.88. The van der Waals surface area contributed by atoms with Crippen molar-refractivity contribution in [1.82, 2.24) is 10.1 Å². The maximum Gasteiger partial charge on any atom is 0.155 e. The first-order valence-electron chi connectivity index (χ1n) is 5.42. The summed E-state index contributed by atoms with van der Waals surface area (Å²) in [6.07, 6.45) is 4.25. The van der Waals surface area contributed by atoms with Crippen molar-refractivity contribution in [2.75, 3.05) is 0 Å². The van der Waals surface area contributed by atoms with Gasteiger partial charge in [0.2, 0.25) is 0 Å². The van der Waals surface area contributed by atoms with E-state index < -0.39 is 0 Å². The van der Waals surface area contributed by atoms with E-state index in [1.807, 2.05) is 0 Å². The van der Waals surface area contributed by atoms with Gasteiger partial charge in [0.15, 0.2) is 12.0 Å². The summed E-state index contributed by atoms with van der Waals surface area (Å²) < 4.78 is 18.2. The van der Waals surface area contributed by atoms with Gasteiger partial charge in [-0.05, 0) is 23.8 Å². The van der Waals surface area contributed by atoms with Crippen LogP contribution in [0.4, 0.5) is 4.39 Å². The smallest absolute Gasteiger partial charge is 0.155 e. The summed E-state index contributed by atoms with van der Waals surface area (Å²) in [6.45, 7) is 0. The van der Waals surface area contributed by atoms with E-state index in [9.17, 15) is 9.18 Å². The zero-order valence-corrected chi connectivity index (χ0v) is 9.31. The first kappa shape index (κ1) is 10.7. The van der Waals surface area contributed by atoms with Crippen molar-refractivity contribution in [1.29, 1.82) is 0 Å². The lowest BCUT2D eigenvalue weighted by molar-refractivity contribution is 0.112. The van der Waals surface area contributed by atoms with Crippen LogP contribution in [0.2, 0.25) is 0 Å². The van der Waals surface area contributed by atoms with Crippen LogP contribution in [0, 0.1) is 5.82 Å². The summed E-state index contributed by atoms with van der Waals surface area (Å²) in [5.41, 5.74) is 2.13. The van der Waals surface area contributed by atoms with E-state index in [1.165, 1.54) is 18.3 Å². The van der Waals surface area contributed by atoms with Gasteiger partial charge in [-0.2, -0.15) is 0 Å². The standard InChI is InChI=1S/C13H9FN2O2/c14-10-1-2-12-11(4-10)8(5-15-12)3-13-9(7-17)6-16-18-13/h1-2,4-7,15H,3H2. The third-order valence-electron chi connectivity index (χ3n) is 2.88. The summed E-state index contributed by atoms with van der Waals surface area (Å²) in [5, 5.41) is 4.36. The Morgan fingerprint density at radius 2 is 2.33 bits per heavy atom. The number of aromatic nitrogens is 2. The minimum Gasteiger partial charge on any atom is -0.361 e. The highest BCUT2D eigenvalue weighted by Gasteiger charge is 2.11. The average Bonchev–Trinajstić information content (AvgIpc) is 2.97. The van der Waals surface area contributed by atoms with Crippen molar-refractivity contribution in [2.24, 2.45) is 0 Å². The molecule has 0 spiro atoms. The highest BCUT2D eigenvalue weighted by Crippen LogP contribution is 2.22. The molecule has 0 unspecified atom stereocenters. The van der Waals surface area contributed by atoms with E-state index in [0.29, 0.717) is 24.0 Å². The predicted molar refractivity (Wildman–Crippen MR) is 63.0 cm³/mol. The van der Waals surface area contributed by atoms with Crippen molar-refractivity contribution < 1.29 is 13.7 Å². The number of hydrogen-bond acceptors (Lipinski definition) is 3. The van der Waals surface area contributed by atoms with Gasteiger partial charge in [-0.3, -0.25) is 4.79 Å². The summed E-state index contributed by atoms with van der Waals surface area (Å²) in [7, 11) is 0. The second kappa shape index (κ2) is 4.10. The number of halogens is 1. The predicted octanol–water partition coefficient (Wildman–Crippen LogP) is 2.70. The van der Waals surface area contributed by atoms with E-state index in [0.717, 1.165) is 16.5 Å². The van der Waals surface area contributed by atoms with Crippen LogP contribution in [0.5, 0.6) is 0 Å². The number of aldehydes is 1. The molecule has 0 aliphatic rings. The fraction of sp³-hybridized carbons (Fsp3) is 0.0769. The van der Waals surface area contributed by atoms with Crippen LogP contribution >= 0.6 is 0 Å². The number of H-pyrrole nitrogens is 1. The Kier molecular flexibility index (Phi) is 2.44. The molecule has 0 amide bonds. The molecule has 2 heterocycles. The van der Waals surface area contributed by atoms with Crippen LogP contribution < -0.4 is 0 Å². The van der Waals surface area contributed by atoms with Crippen molar-refractivity contribution >= 4 is 17.2 Å². The Balaban J connectivity index is 2.05. The maximum atomic E-state index is 13.2. The quantitative estimate of drug-likeness (QED) is 0.720. The number of aromatic amines is 1. The average molecular weight is 244 g/mol. The Hall–Kier alpha value is -2.43. The molecule has 0 saturated carbocycles. The minimum absolute atomic E-state index is 0.295. The Morgan fingerprint density at radius 3 is 3.17 bits per heavy atom. The molecule has 3 aromatic rings. The number of carbonyl (C=O) groups excluding carboxylic acids is 1. The first-order chi connectivity index (χ1) is 8.78. The largest absolute Gasteiger partial charge is 0.361 e. The maximum absolute atomic E-state index is 13.2. The SMILES string of the molecule is O=Cc1cnoc1Cc1c[nH]c2ccc(F)cc12. The third kappa shape index (κ3) is 1.69. The Labute approximate surface area is 101 Å². The van der Waals surface area contributed by atoms with Gasteiger partial charge in [0.25, 0.3) is 0 Å². The molecule has 0 fully saturated rings. The second-order valence-corrected chi connectivity index (χ2v) is 4.00. The van der Waals surface area contributed by atoms with Crippen molar-refractivity contribution in [3.8, 4) is 0 Å². The van der Waals surface area contributed by atoms with Crippen LogP contribution in [0.15, 0.2) is 35.1 Å². The topological polar surface area (TPSA) is 58.9 Å². The molecule has 0 aliphatic carbocycles. The Bertz CT molecular complexity index is 715. The van der Waals surface area contributed by atoms with Crippen LogP contribution in [-0.2, 0) is 6.42 Å². The van der Waals surface area contributed by atoms with Crippen LogP contribution in [-0.4, -0.2) is 16.4 Å². The fourth-order valence-corrected chi connectivity index (χ4v) is 1.97. The molecule has 1 N–H and O–H groups in total. The van der Waals surface area contributed by atoms with Gasteiger partial charge in [-0.15, -0.1) is 0 Å². The summed E-state index contributed by atoms with van der Waals surface area (Å²) >= 11 is 0. The number of rotatable bonds is 3. The zero-order valence-electron chi connectivity index (χ0n) is 9.31. The number of nitrogens with one attached hydrogen (secondary N) is 1. The van der Waals surface area contributed by atoms with Crippen LogP contribution in [0.3, 0.4) is 0 Å². The highest BCUT2D eigenvalue weighted by molar-refractivity contribution is 5.84. The van der Waals surface area contributed by atoms with Crippen LogP contribution in [0.25, 0.3) is 10.9 Å². The summed E-state index contributed by atoms with van der Waals surface area (Å²) in [4.78, 5) is 13.8. The van der Waals surface area contributed by atoms with Crippen molar-refractivity contribution in [2.45, 2.75) is 6.42 Å². The van der Waals surface area contributed by atoms with Gasteiger partial charge in [0.05, 0.1) is 11.8 Å². The van der Waals surface area contributed by atoms with Gasteiger partial charge in [-0.1, -0.05) is 5.16 Å². The van der Waals surface area contributed by atoms with Gasteiger partial charge in [0.1, 0.15) is 5.82 Å². The van der Waals surface area contributed by atoms with Gasteiger partial charge in [-0.25, -0.2) is 4.39 Å². The van der Waals surface area contributed by atoms with Gasteiger partial charge in [0, 0.05) is 23.5 Å². The van der Waals surface area contributed by atoms with Crippen LogP contribution in [0.1, 0.15) is 21.7 Å². The lowest BCUT2D eigenvalue weighted by atomic mass is 10.1. The van der Waals surface area contributed by atoms with Crippen molar-refractivity contribution in [3.63, 3.8) is 0 Å². The van der Waals surface area contributed by atoms with E-state index in [2.05, 4.69) is 10.1 Å². The molecular weight excluding hydrogens is 235 g/mol. The molecule has 1 aromatic carbocycles.